The molecular weight excluding hydrogens is 407 g/mol. The molecule has 0 radical (unpaired) electrons. The highest BCUT2D eigenvalue weighted by molar-refractivity contribution is 6.06. The van der Waals surface area contributed by atoms with Gasteiger partial charge in [-0.2, -0.15) is 0 Å². The van der Waals surface area contributed by atoms with E-state index in [9.17, 15) is 19.1 Å². The molecule has 2 aliphatic rings. The van der Waals surface area contributed by atoms with E-state index >= 15 is 0 Å². The Bertz CT molecular complexity index is 992. The molecule has 4 rings (SSSR count). The maximum atomic E-state index is 13.9. The van der Waals surface area contributed by atoms with Gasteiger partial charge < -0.3 is 9.84 Å². The number of carbonyl (C=O) groups is 2. The molecule has 0 saturated heterocycles. The molecule has 1 heterocycles. The Kier molecular flexibility index (Phi) is 6.56. The minimum Gasteiger partial charge on any atom is -0.509 e. The number of carbonyl (C=O) groups excluding carboxylic acids is 2. The van der Waals surface area contributed by atoms with E-state index in [1.165, 1.54) is 12.1 Å². The number of hydrogen-bond acceptors (Lipinski definition) is 4. The predicted octanol–water partition coefficient (Wildman–Crippen LogP) is 5.47. The number of hydrogen-bond donors (Lipinski definition) is 1. The van der Waals surface area contributed by atoms with Crippen molar-refractivity contribution in [3.63, 3.8) is 0 Å². The number of aliphatic hydroxyl groups is 1. The molecule has 1 N–H and O–H groups in total. The molecule has 4 nitrogen and oxygen atoms in total. The van der Waals surface area contributed by atoms with Gasteiger partial charge in [0.2, 0.25) is 0 Å². The van der Waals surface area contributed by atoms with E-state index < -0.39 is 17.6 Å². The highest BCUT2D eigenvalue weighted by Crippen LogP contribution is 2.43. The summed E-state index contributed by atoms with van der Waals surface area (Å²) in [6.07, 6.45) is 5.38. The average molecular weight is 437 g/mol. The first kappa shape index (κ1) is 22.4. The van der Waals surface area contributed by atoms with Gasteiger partial charge in [0.15, 0.2) is 17.7 Å². The summed E-state index contributed by atoms with van der Waals surface area (Å²) < 4.78 is 19.5. The van der Waals surface area contributed by atoms with Gasteiger partial charge in [0.25, 0.3) is 0 Å². The van der Waals surface area contributed by atoms with E-state index in [4.69, 9.17) is 4.74 Å². The summed E-state index contributed by atoms with van der Waals surface area (Å²) >= 11 is 0. The van der Waals surface area contributed by atoms with Crippen molar-refractivity contribution in [3.05, 3.63) is 82.9 Å². The highest BCUT2D eigenvalue weighted by Gasteiger charge is 2.50. The smallest absolute Gasteiger partial charge is 0.173 e. The fourth-order valence-electron chi connectivity index (χ4n) is 5.07. The van der Waals surface area contributed by atoms with Crippen molar-refractivity contribution in [1.82, 2.24) is 0 Å². The number of halogens is 1. The third-order valence-corrected chi connectivity index (χ3v) is 6.81. The maximum absolute atomic E-state index is 13.9. The van der Waals surface area contributed by atoms with Crippen LogP contribution in [0.3, 0.4) is 0 Å². The molecule has 168 valence electrons. The summed E-state index contributed by atoms with van der Waals surface area (Å²) in [4.78, 5) is 26.0. The number of benzene rings is 2. The Morgan fingerprint density at radius 3 is 2.41 bits per heavy atom. The molecule has 2 aromatic carbocycles. The van der Waals surface area contributed by atoms with Gasteiger partial charge in [-0.3, -0.25) is 9.59 Å². The molecule has 0 amide bonds. The first-order chi connectivity index (χ1) is 15.4. The third-order valence-electron chi connectivity index (χ3n) is 6.81. The first-order valence-electron chi connectivity index (χ1n) is 11.3. The second-order valence-corrected chi connectivity index (χ2v) is 9.08. The normalized spacial score (nSPS) is 25.0. The zero-order valence-electron chi connectivity index (χ0n) is 18.3. The Balaban J connectivity index is 1.72. The van der Waals surface area contributed by atoms with Crippen molar-refractivity contribution in [3.8, 4) is 0 Å². The van der Waals surface area contributed by atoms with E-state index in [2.05, 4.69) is 0 Å². The van der Waals surface area contributed by atoms with Gasteiger partial charge in [-0.1, -0.05) is 61.7 Å². The van der Waals surface area contributed by atoms with Crippen LogP contribution < -0.4 is 0 Å². The fraction of sp³-hybridized carbons (Fsp3) is 0.407. The van der Waals surface area contributed by atoms with Gasteiger partial charge in [0.05, 0.1) is 11.5 Å². The van der Waals surface area contributed by atoms with Crippen LogP contribution in [-0.2, 0) is 20.7 Å². The van der Waals surface area contributed by atoms with Crippen LogP contribution in [0.5, 0.6) is 0 Å². The molecule has 1 aliphatic heterocycles. The monoisotopic (exact) mass is 436 g/mol. The lowest BCUT2D eigenvalue weighted by Crippen LogP contribution is -2.37. The van der Waals surface area contributed by atoms with Crippen LogP contribution in [0, 0.1) is 11.7 Å². The van der Waals surface area contributed by atoms with E-state index in [1.54, 1.807) is 19.1 Å². The van der Waals surface area contributed by atoms with Crippen molar-refractivity contribution >= 4 is 12.1 Å². The second-order valence-electron chi connectivity index (χ2n) is 9.08. The first-order valence-corrected chi connectivity index (χ1v) is 11.3. The van der Waals surface area contributed by atoms with Crippen molar-refractivity contribution < 1.29 is 23.8 Å². The van der Waals surface area contributed by atoms with Gasteiger partial charge in [0.1, 0.15) is 17.7 Å². The highest BCUT2D eigenvalue weighted by atomic mass is 19.1. The summed E-state index contributed by atoms with van der Waals surface area (Å²) in [6.45, 7) is 1.56. The van der Waals surface area contributed by atoms with Gasteiger partial charge in [-0.15, -0.1) is 0 Å². The fourth-order valence-corrected chi connectivity index (χ4v) is 5.07. The van der Waals surface area contributed by atoms with Gasteiger partial charge >= 0.3 is 0 Å². The minimum atomic E-state index is -1.49. The number of ketones is 1. The van der Waals surface area contributed by atoms with Crippen molar-refractivity contribution in [2.24, 2.45) is 5.92 Å². The molecule has 1 saturated carbocycles. The average Bonchev–Trinajstić information content (AvgIpc) is 3.10. The Hall–Kier alpha value is -2.79. The summed E-state index contributed by atoms with van der Waals surface area (Å²) in [5, 5.41) is 11.2. The summed E-state index contributed by atoms with van der Waals surface area (Å²) in [5.74, 6) is -1.31. The number of aldehydes is 1. The van der Waals surface area contributed by atoms with E-state index in [-0.39, 0.29) is 28.9 Å². The Morgan fingerprint density at radius 1 is 1.12 bits per heavy atom. The quantitative estimate of drug-likeness (QED) is 0.585. The standard InChI is InChI=1S/C27H29FO4/c1-27(17-29)23(25(31)26(32-27)20-10-6-3-7-11-20)24(30)22(19-8-4-2-5-9-19)16-18-12-14-21(28)15-13-18/h2,4-5,8-9,12-15,17,20,22,26,31H,3,6-7,10-11,16H2,1H3. The van der Waals surface area contributed by atoms with E-state index in [1.807, 2.05) is 30.3 Å². The molecular formula is C27H29FO4. The van der Waals surface area contributed by atoms with E-state index in [0.717, 1.165) is 43.2 Å². The zero-order chi connectivity index (χ0) is 22.7. The van der Waals surface area contributed by atoms with Crippen molar-refractivity contribution in [2.45, 2.75) is 63.1 Å². The van der Waals surface area contributed by atoms with Gasteiger partial charge in [-0.05, 0) is 55.4 Å². The lowest BCUT2D eigenvalue weighted by Gasteiger charge is -2.29. The summed E-state index contributed by atoms with van der Waals surface area (Å²) in [5.41, 5.74) is 0.138. The molecule has 5 heteroatoms. The molecule has 3 atom stereocenters. The van der Waals surface area contributed by atoms with Crippen LogP contribution in [0.1, 0.15) is 56.1 Å². The lowest BCUT2D eigenvalue weighted by atomic mass is 9.79. The van der Waals surface area contributed by atoms with Crippen LogP contribution in [0.15, 0.2) is 65.9 Å². The SMILES string of the molecule is CC1(C=O)OC(C2CCCCC2)C(O)=C1C(=O)C(Cc1ccc(F)cc1)c1ccccc1. The number of ether oxygens (including phenoxy) is 1. The number of rotatable bonds is 7. The van der Waals surface area contributed by atoms with Crippen molar-refractivity contribution in [2.75, 3.05) is 0 Å². The lowest BCUT2D eigenvalue weighted by molar-refractivity contribution is -0.133. The number of aliphatic hydroxyl groups excluding tert-OH is 1. The number of Topliss-reactive ketones (excluding diaryl/α,β-unsaturated/α-hetero) is 1. The molecule has 3 unspecified atom stereocenters. The molecule has 0 spiro atoms. The molecule has 0 bridgehead atoms. The summed E-state index contributed by atoms with van der Waals surface area (Å²) in [6, 6.07) is 15.3. The molecule has 1 aliphatic carbocycles. The Morgan fingerprint density at radius 2 is 1.78 bits per heavy atom. The third kappa shape index (κ3) is 4.40. The van der Waals surface area contributed by atoms with Crippen LogP contribution >= 0.6 is 0 Å². The van der Waals surface area contributed by atoms with E-state index in [0.29, 0.717) is 12.7 Å². The molecule has 0 aromatic heterocycles. The van der Waals surface area contributed by atoms with Crippen LogP contribution in [-0.4, -0.2) is 28.9 Å². The largest absolute Gasteiger partial charge is 0.509 e. The van der Waals surface area contributed by atoms with Crippen LogP contribution in [0.4, 0.5) is 4.39 Å². The van der Waals surface area contributed by atoms with Gasteiger partial charge in [0, 0.05) is 0 Å². The molecule has 1 fully saturated rings. The predicted molar refractivity (Wildman–Crippen MR) is 120 cm³/mol. The molecule has 2 aromatic rings. The zero-order valence-corrected chi connectivity index (χ0v) is 18.3. The maximum Gasteiger partial charge on any atom is 0.173 e. The summed E-state index contributed by atoms with van der Waals surface area (Å²) in [7, 11) is 0. The topological polar surface area (TPSA) is 63.6 Å². The van der Waals surface area contributed by atoms with Crippen LogP contribution in [0.25, 0.3) is 0 Å². The minimum absolute atomic E-state index is 0.0547. The van der Waals surface area contributed by atoms with Gasteiger partial charge in [-0.25, -0.2) is 4.39 Å². The van der Waals surface area contributed by atoms with Crippen LogP contribution in [0.2, 0.25) is 0 Å². The molecule has 32 heavy (non-hydrogen) atoms. The Labute approximate surface area is 188 Å². The second kappa shape index (κ2) is 9.37. The van der Waals surface area contributed by atoms with Crippen molar-refractivity contribution in [1.29, 1.82) is 0 Å².